The molecule has 3 unspecified atom stereocenters. The van der Waals surface area contributed by atoms with Gasteiger partial charge in [-0.15, -0.1) is 0 Å². The Morgan fingerprint density at radius 3 is 2.71 bits per heavy atom. The molecule has 1 fully saturated rings. The van der Waals surface area contributed by atoms with Gasteiger partial charge in [0.2, 0.25) is 0 Å². The van der Waals surface area contributed by atoms with Gasteiger partial charge in [-0.3, -0.25) is 0 Å². The average Bonchev–Trinajstić information content (AvgIpc) is 2.38. The molecule has 0 aromatic carbocycles. The van der Waals surface area contributed by atoms with Gasteiger partial charge in [0, 0.05) is 25.2 Å². The zero-order valence-electron chi connectivity index (χ0n) is 11.3. The second-order valence-electron chi connectivity index (χ2n) is 5.43. The van der Waals surface area contributed by atoms with Gasteiger partial charge in [-0.1, -0.05) is 39.0 Å². The fourth-order valence-electron chi connectivity index (χ4n) is 2.86. The highest BCUT2D eigenvalue weighted by atomic mass is 16.3. The van der Waals surface area contributed by atoms with Crippen molar-refractivity contribution in [1.82, 2.24) is 5.32 Å². The van der Waals surface area contributed by atoms with Crippen molar-refractivity contribution in [3.8, 4) is 0 Å². The molecule has 0 bridgehead atoms. The van der Waals surface area contributed by atoms with E-state index in [9.17, 15) is 5.11 Å². The Bertz CT molecular complexity index is 187. The largest absolute Gasteiger partial charge is 0.396 e. The van der Waals surface area contributed by atoms with E-state index in [1.165, 1.54) is 51.4 Å². The first-order chi connectivity index (χ1) is 8.31. The van der Waals surface area contributed by atoms with Crippen LogP contribution in [-0.2, 0) is 0 Å². The van der Waals surface area contributed by atoms with Crippen LogP contribution in [0.2, 0.25) is 0 Å². The minimum absolute atomic E-state index is 0.323. The van der Waals surface area contributed by atoms with E-state index in [-0.39, 0.29) is 0 Å². The molecule has 0 radical (unpaired) electrons. The van der Waals surface area contributed by atoms with Crippen molar-refractivity contribution in [2.24, 2.45) is 11.7 Å². The smallest absolute Gasteiger partial charge is 0.0474 e. The minimum Gasteiger partial charge on any atom is -0.396 e. The maximum absolute atomic E-state index is 9.39. The monoisotopic (exact) mass is 242 g/mol. The van der Waals surface area contributed by atoms with Gasteiger partial charge in [0.1, 0.15) is 0 Å². The zero-order chi connectivity index (χ0) is 12.5. The van der Waals surface area contributed by atoms with Gasteiger partial charge in [0.25, 0.3) is 0 Å². The van der Waals surface area contributed by atoms with Crippen LogP contribution in [-0.4, -0.2) is 30.3 Å². The van der Waals surface area contributed by atoms with Gasteiger partial charge in [-0.05, 0) is 25.2 Å². The van der Waals surface area contributed by atoms with E-state index in [4.69, 9.17) is 5.73 Å². The molecule has 102 valence electrons. The Kier molecular flexibility index (Phi) is 7.82. The summed E-state index contributed by atoms with van der Waals surface area (Å²) < 4.78 is 0. The second kappa shape index (κ2) is 8.90. The minimum atomic E-state index is 0.323. The molecule has 4 N–H and O–H groups in total. The predicted octanol–water partition coefficient (Wildman–Crippen LogP) is 2.03. The van der Waals surface area contributed by atoms with E-state index in [0.717, 1.165) is 6.54 Å². The molecule has 0 aromatic rings. The van der Waals surface area contributed by atoms with Gasteiger partial charge >= 0.3 is 0 Å². The van der Waals surface area contributed by atoms with Gasteiger partial charge in [-0.2, -0.15) is 0 Å². The van der Waals surface area contributed by atoms with E-state index in [1.807, 2.05) is 0 Å². The molecule has 3 atom stereocenters. The average molecular weight is 242 g/mol. The second-order valence-corrected chi connectivity index (χ2v) is 5.43. The Labute approximate surface area is 106 Å². The number of aliphatic hydroxyl groups is 1. The highest BCUT2D eigenvalue weighted by Gasteiger charge is 2.25. The molecule has 1 rings (SSSR count). The summed E-state index contributed by atoms with van der Waals surface area (Å²) in [6.45, 7) is 3.27. The number of aliphatic hydroxyl groups excluding tert-OH is 1. The number of unbranched alkanes of at least 4 members (excludes halogenated alkanes) is 2. The third kappa shape index (κ3) is 5.36. The van der Waals surface area contributed by atoms with E-state index in [2.05, 4.69) is 12.2 Å². The molecule has 1 aliphatic rings. The molecule has 0 spiro atoms. The summed E-state index contributed by atoms with van der Waals surface area (Å²) in [6, 6.07) is 0.933. The Morgan fingerprint density at radius 2 is 2.06 bits per heavy atom. The molecule has 0 heterocycles. The van der Waals surface area contributed by atoms with E-state index < -0.39 is 0 Å². The van der Waals surface area contributed by atoms with Crippen LogP contribution in [0.3, 0.4) is 0 Å². The number of rotatable bonds is 8. The molecule has 17 heavy (non-hydrogen) atoms. The van der Waals surface area contributed by atoms with Crippen LogP contribution in [0.25, 0.3) is 0 Å². The molecule has 1 saturated carbocycles. The highest BCUT2D eigenvalue weighted by molar-refractivity contribution is 4.84. The van der Waals surface area contributed by atoms with Crippen molar-refractivity contribution >= 4 is 0 Å². The third-order valence-electron chi connectivity index (χ3n) is 4.03. The lowest BCUT2D eigenvalue weighted by atomic mass is 9.84. The fraction of sp³-hybridized carbons (Fsp3) is 1.00. The fourth-order valence-corrected chi connectivity index (χ4v) is 2.86. The zero-order valence-corrected chi connectivity index (χ0v) is 11.3. The third-order valence-corrected chi connectivity index (χ3v) is 4.03. The summed E-state index contributed by atoms with van der Waals surface area (Å²) in [5, 5.41) is 13.1. The first-order valence-corrected chi connectivity index (χ1v) is 7.38. The Hall–Kier alpha value is -0.120. The molecule has 0 amide bonds. The topological polar surface area (TPSA) is 58.3 Å². The molecule has 1 aliphatic carbocycles. The quantitative estimate of drug-likeness (QED) is 0.571. The SMILES string of the molecule is CCCCCC(CN)NC1CCCCC1CO. The van der Waals surface area contributed by atoms with Gasteiger partial charge in [-0.25, -0.2) is 0 Å². The normalized spacial score (nSPS) is 27.0. The Morgan fingerprint density at radius 1 is 1.29 bits per heavy atom. The summed E-state index contributed by atoms with van der Waals surface area (Å²) in [4.78, 5) is 0. The van der Waals surface area contributed by atoms with E-state index in [1.54, 1.807) is 0 Å². The molecule has 0 saturated heterocycles. The van der Waals surface area contributed by atoms with Gasteiger partial charge in [0.05, 0.1) is 0 Å². The first-order valence-electron chi connectivity index (χ1n) is 7.38. The molecule has 3 nitrogen and oxygen atoms in total. The molecular formula is C14H30N2O. The lowest BCUT2D eigenvalue weighted by Crippen LogP contribution is -2.48. The van der Waals surface area contributed by atoms with Gasteiger partial charge < -0.3 is 16.2 Å². The molecule has 0 aromatic heterocycles. The van der Waals surface area contributed by atoms with Crippen molar-refractivity contribution in [1.29, 1.82) is 0 Å². The standard InChI is InChI=1S/C14H30N2O/c1-2-3-4-8-13(10-15)16-14-9-6-5-7-12(14)11-17/h12-14,16-17H,2-11,15H2,1H3. The van der Waals surface area contributed by atoms with Crippen molar-refractivity contribution in [2.45, 2.75) is 70.4 Å². The maximum atomic E-state index is 9.39. The lowest BCUT2D eigenvalue weighted by molar-refractivity contribution is 0.145. The molecule has 3 heteroatoms. The van der Waals surface area contributed by atoms with Crippen LogP contribution >= 0.6 is 0 Å². The van der Waals surface area contributed by atoms with Crippen LogP contribution in [0.15, 0.2) is 0 Å². The molecule has 0 aliphatic heterocycles. The van der Waals surface area contributed by atoms with Crippen LogP contribution in [0.4, 0.5) is 0 Å². The number of nitrogens with two attached hydrogens (primary N) is 1. The van der Waals surface area contributed by atoms with Crippen molar-refractivity contribution in [3.63, 3.8) is 0 Å². The summed E-state index contributed by atoms with van der Waals surface area (Å²) in [5.74, 6) is 0.448. The Balaban J connectivity index is 2.31. The first kappa shape index (κ1) is 14.9. The van der Waals surface area contributed by atoms with Gasteiger partial charge in [0.15, 0.2) is 0 Å². The van der Waals surface area contributed by atoms with Crippen molar-refractivity contribution in [2.75, 3.05) is 13.2 Å². The number of hydrogen-bond acceptors (Lipinski definition) is 3. The summed E-state index contributed by atoms with van der Waals surface area (Å²) in [6.07, 6.45) is 9.94. The van der Waals surface area contributed by atoms with E-state index in [0.29, 0.717) is 24.6 Å². The predicted molar refractivity (Wildman–Crippen MR) is 73.0 cm³/mol. The van der Waals surface area contributed by atoms with Crippen molar-refractivity contribution < 1.29 is 5.11 Å². The van der Waals surface area contributed by atoms with Crippen LogP contribution in [0, 0.1) is 5.92 Å². The summed E-state index contributed by atoms with van der Waals surface area (Å²) >= 11 is 0. The summed E-state index contributed by atoms with van der Waals surface area (Å²) in [7, 11) is 0. The highest BCUT2D eigenvalue weighted by Crippen LogP contribution is 2.24. The van der Waals surface area contributed by atoms with Crippen LogP contribution in [0.1, 0.15) is 58.3 Å². The molecular weight excluding hydrogens is 212 g/mol. The number of hydrogen-bond donors (Lipinski definition) is 3. The van der Waals surface area contributed by atoms with Crippen LogP contribution < -0.4 is 11.1 Å². The van der Waals surface area contributed by atoms with E-state index >= 15 is 0 Å². The number of nitrogens with one attached hydrogen (secondary N) is 1. The van der Waals surface area contributed by atoms with Crippen molar-refractivity contribution in [3.05, 3.63) is 0 Å². The lowest BCUT2D eigenvalue weighted by Gasteiger charge is -2.34. The van der Waals surface area contributed by atoms with Crippen LogP contribution in [0.5, 0.6) is 0 Å². The summed E-state index contributed by atoms with van der Waals surface area (Å²) in [5.41, 5.74) is 5.83. The maximum Gasteiger partial charge on any atom is 0.0474 e.